The van der Waals surface area contributed by atoms with Gasteiger partial charge >= 0.3 is 0 Å². The third-order valence-corrected chi connectivity index (χ3v) is 3.45. The van der Waals surface area contributed by atoms with Crippen molar-refractivity contribution in [3.05, 3.63) is 17.0 Å². The summed E-state index contributed by atoms with van der Waals surface area (Å²) in [5.74, 6) is 2.16. The molecule has 1 unspecified atom stereocenters. The van der Waals surface area contributed by atoms with Gasteiger partial charge in [-0.1, -0.05) is 45.7 Å². The normalized spacial score (nSPS) is 12.8. The summed E-state index contributed by atoms with van der Waals surface area (Å²) < 4.78 is 0. The molecule has 0 aliphatic heterocycles. The van der Waals surface area contributed by atoms with Gasteiger partial charge in [0.05, 0.1) is 0 Å². The summed E-state index contributed by atoms with van der Waals surface area (Å²) in [7, 11) is 0. The molecular weight excluding hydrogens is 234 g/mol. The third-order valence-electron chi connectivity index (χ3n) is 3.12. The van der Waals surface area contributed by atoms with Gasteiger partial charge in [0.15, 0.2) is 0 Å². The maximum absolute atomic E-state index is 6.09. The second kappa shape index (κ2) is 6.80. The molecule has 0 saturated carbocycles. The summed E-state index contributed by atoms with van der Waals surface area (Å²) in [4.78, 5) is 8.32. The highest BCUT2D eigenvalue weighted by atomic mass is 35.5. The zero-order valence-corrected chi connectivity index (χ0v) is 11.9. The van der Waals surface area contributed by atoms with Gasteiger partial charge in [0.1, 0.15) is 17.3 Å². The van der Waals surface area contributed by atoms with E-state index in [1.165, 1.54) is 6.33 Å². The van der Waals surface area contributed by atoms with Crippen LogP contribution in [0.4, 0.5) is 5.82 Å². The highest BCUT2D eigenvalue weighted by molar-refractivity contribution is 6.30. The SMILES string of the molecule is CCCc1c(Cl)ncnc1NCC(C)C(C)C. The summed E-state index contributed by atoms with van der Waals surface area (Å²) in [5.41, 5.74) is 1.03. The molecule has 1 aromatic heterocycles. The summed E-state index contributed by atoms with van der Waals surface area (Å²) in [5, 5.41) is 3.96. The number of rotatable bonds is 6. The first-order valence-corrected chi connectivity index (χ1v) is 6.67. The van der Waals surface area contributed by atoms with Crippen LogP contribution in [0.3, 0.4) is 0 Å². The Balaban J connectivity index is 2.73. The van der Waals surface area contributed by atoms with Crippen LogP contribution >= 0.6 is 11.6 Å². The van der Waals surface area contributed by atoms with E-state index in [2.05, 4.69) is 43.0 Å². The summed E-state index contributed by atoms with van der Waals surface area (Å²) in [6.07, 6.45) is 3.48. The van der Waals surface area contributed by atoms with E-state index < -0.39 is 0 Å². The van der Waals surface area contributed by atoms with Crippen molar-refractivity contribution < 1.29 is 0 Å². The van der Waals surface area contributed by atoms with E-state index in [0.717, 1.165) is 30.8 Å². The Hall–Kier alpha value is -0.830. The van der Waals surface area contributed by atoms with Crippen LogP contribution in [0.25, 0.3) is 0 Å². The molecular formula is C13H22ClN3. The van der Waals surface area contributed by atoms with E-state index in [1.807, 2.05) is 0 Å². The van der Waals surface area contributed by atoms with E-state index in [9.17, 15) is 0 Å². The zero-order valence-electron chi connectivity index (χ0n) is 11.1. The lowest BCUT2D eigenvalue weighted by Crippen LogP contribution is -2.18. The zero-order chi connectivity index (χ0) is 12.8. The van der Waals surface area contributed by atoms with Crippen molar-refractivity contribution in [1.29, 1.82) is 0 Å². The molecule has 0 aromatic carbocycles. The number of nitrogens with one attached hydrogen (secondary N) is 1. The van der Waals surface area contributed by atoms with Gasteiger partial charge in [0.25, 0.3) is 0 Å². The fourth-order valence-electron chi connectivity index (χ4n) is 1.51. The van der Waals surface area contributed by atoms with Crippen molar-refractivity contribution >= 4 is 17.4 Å². The number of hydrogen-bond donors (Lipinski definition) is 1. The minimum Gasteiger partial charge on any atom is -0.369 e. The summed E-state index contributed by atoms with van der Waals surface area (Å²) in [6, 6.07) is 0. The Morgan fingerprint density at radius 3 is 2.59 bits per heavy atom. The molecule has 0 spiro atoms. The second-order valence-corrected chi connectivity index (χ2v) is 5.20. The number of halogens is 1. The van der Waals surface area contributed by atoms with Crippen LogP contribution in [0.2, 0.25) is 5.15 Å². The summed E-state index contributed by atoms with van der Waals surface area (Å²) in [6.45, 7) is 9.74. The van der Waals surface area contributed by atoms with Crippen LogP contribution in [0, 0.1) is 11.8 Å². The Bertz CT molecular complexity index is 353. The Morgan fingerprint density at radius 2 is 2.00 bits per heavy atom. The monoisotopic (exact) mass is 255 g/mol. The van der Waals surface area contributed by atoms with E-state index in [-0.39, 0.29) is 0 Å². The van der Waals surface area contributed by atoms with Crippen LogP contribution in [0.5, 0.6) is 0 Å². The fraction of sp³-hybridized carbons (Fsp3) is 0.692. The average Bonchev–Trinajstić information content (AvgIpc) is 2.29. The van der Waals surface area contributed by atoms with Gasteiger partial charge in [-0.15, -0.1) is 0 Å². The molecule has 0 bridgehead atoms. The highest BCUT2D eigenvalue weighted by Crippen LogP contribution is 2.22. The van der Waals surface area contributed by atoms with Gasteiger partial charge in [-0.3, -0.25) is 0 Å². The number of aromatic nitrogens is 2. The largest absolute Gasteiger partial charge is 0.369 e. The molecule has 0 aliphatic carbocycles. The molecule has 1 atom stereocenters. The predicted molar refractivity (Wildman–Crippen MR) is 73.5 cm³/mol. The molecule has 0 aliphatic rings. The van der Waals surface area contributed by atoms with E-state index in [4.69, 9.17) is 11.6 Å². The van der Waals surface area contributed by atoms with E-state index in [1.54, 1.807) is 0 Å². The van der Waals surface area contributed by atoms with Crippen molar-refractivity contribution in [2.75, 3.05) is 11.9 Å². The first-order valence-electron chi connectivity index (χ1n) is 6.29. The molecule has 3 nitrogen and oxygen atoms in total. The minimum absolute atomic E-state index is 0.571. The van der Waals surface area contributed by atoms with E-state index >= 15 is 0 Å². The van der Waals surface area contributed by atoms with Crippen LogP contribution in [0.15, 0.2) is 6.33 Å². The second-order valence-electron chi connectivity index (χ2n) is 4.84. The van der Waals surface area contributed by atoms with Gasteiger partial charge in [-0.2, -0.15) is 0 Å². The molecule has 1 aromatic rings. The van der Waals surface area contributed by atoms with Crippen molar-refractivity contribution in [3.8, 4) is 0 Å². The molecule has 0 amide bonds. The molecule has 0 radical (unpaired) electrons. The minimum atomic E-state index is 0.571. The van der Waals surface area contributed by atoms with E-state index in [0.29, 0.717) is 17.0 Å². The number of nitrogens with zero attached hydrogens (tertiary/aromatic N) is 2. The highest BCUT2D eigenvalue weighted by Gasteiger charge is 2.11. The maximum Gasteiger partial charge on any atom is 0.137 e. The maximum atomic E-state index is 6.09. The van der Waals surface area contributed by atoms with Gasteiger partial charge < -0.3 is 5.32 Å². The molecule has 1 N–H and O–H groups in total. The Kier molecular flexibility index (Phi) is 5.69. The molecule has 1 heterocycles. The standard InChI is InChI=1S/C13H22ClN3/c1-5-6-11-12(14)16-8-17-13(11)15-7-10(4)9(2)3/h8-10H,5-7H2,1-4H3,(H,15,16,17). The molecule has 17 heavy (non-hydrogen) atoms. The average molecular weight is 256 g/mol. The predicted octanol–water partition coefficient (Wildman–Crippen LogP) is 3.79. The van der Waals surface area contributed by atoms with Gasteiger partial charge in [-0.05, 0) is 18.3 Å². The van der Waals surface area contributed by atoms with Gasteiger partial charge in [0.2, 0.25) is 0 Å². The molecule has 0 fully saturated rings. The van der Waals surface area contributed by atoms with Crippen LogP contribution in [0.1, 0.15) is 39.7 Å². The lowest BCUT2D eigenvalue weighted by molar-refractivity contribution is 0.439. The summed E-state index contributed by atoms with van der Waals surface area (Å²) >= 11 is 6.09. The van der Waals surface area contributed by atoms with Crippen LogP contribution in [-0.4, -0.2) is 16.5 Å². The van der Waals surface area contributed by atoms with Crippen molar-refractivity contribution in [2.45, 2.75) is 40.5 Å². The van der Waals surface area contributed by atoms with Gasteiger partial charge in [0, 0.05) is 12.1 Å². The molecule has 96 valence electrons. The molecule has 0 saturated heterocycles. The van der Waals surface area contributed by atoms with Crippen LogP contribution in [-0.2, 0) is 6.42 Å². The third kappa shape index (κ3) is 4.15. The first-order chi connectivity index (χ1) is 8.06. The molecule has 4 heteroatoms. The van der Waals surface area contributed by atoms with Crippen LogP contribution < -0.4 is 5.32 Å². The Labute approximate surface area is 109 Å². The first kappa shape index (κ1) is 14.2. The topological polar surface area (TPSA) is 37.8 Å². The Morgan fingerprint density at radius 1 is 1.29 bits per heavy atom. The fourth-order valence-corrected chi connectivity index (χ4v) is 1.74. The van der Waals surface area contributed by atoms with Crippen molar-refractivity contribution in [3.63, 3.8) is 0 Å². The van der Waals surface area contributed by atoms with Crippen molar-refractivity contribution in [1.82, 2.24) is 9.97 Å². The quantitative estimate of drug-likeness (QED) is 0.786. The number of anilines is 1. The number of hydrogen-bond acceptors (Lipinski definition) is 3. The van der Waals surface area contributed by atoms with Gasteiger partial charge in [-0.25, -0.2) is 9.97 Å². The lowest BCUT2D eigenvalue weighted by atomic mass is 9.98. The van der Waals surface area contributed by atoms with Crippen molar-refractivity contribution in [2.24, 2.45) is 11.8 Å². The molecule has 1 rings (SSSR count). The lowest BCUT2D eigenvalue weighted by Gasteiger charge is -2.18. The smallest absolute Gasteiger partial charge is 0.137 e.